The number of carbonyl (C=O) groups is 1. The SMILES string of the molecule is CCCc1nc([C@@H]2CN(C(=O)CCCn3ccnc3)CCO2)n[nH]1. The minimum absolute atomic E-state index is 0.160. The number of aromatic nitrogens is 5. The standard InChI is InChI=1S/C16H24N6O2/c1-2-4-14-18-16(20-19-14)13-11-22(9-10-24-13)15(23)5-3-7-21-8-6-17-12-21/h6,8,12-13H,2-5,7,9-11H2,1H3,(H,18,19,20)/t13-/m0/s1. The summed E-state index contributed by atoms with van der Waals surface area (Å²) in [6.07, 6.45) is 8.41. The fraction of sp³-hybridized carbons (Fsp3) is 0.625. The van der Waals surface area contributed by atoms with Crippen LogP contribution in [0.15, 0.2) is 18.7 Å². The van der Waals surface area contributed by atoms with E-state index in [1.807, 2.05) is 15.7 Å². The number of aromatic amines is 1. The lowest BCUT2D eigenvalue weighted by Gasteiger charge is -2.31. The number of ether oxygens (including phenoxy) is 1. The molecule has 1 N–H and O–H groups in total. The summed E-state index contributed by atoms with van der Waals surface area (Å²) in [7, 11) is 0. The highest BCUT2D eigenvalue weighted by Crippen LogP contribution is 2.20. The molecule has 1 amide bonds. The summed E-state index contributed by atoms with van der Waals surface area (Å²) in [5, 5.41) is 7.18. The summed E-state index contributed by atoms with van der Waals surface area (Å²) in [6.45, 7) is 4.58. The van der Waals surface area contributed by atoms with Crippen LogP contribution in [0.3, 0.4) is 0 Å². The van der Waals surface area contributed by atoms with Gasteiger partial charge in [-0.1, -0.05) is 6.92 Å². The van der Waals surface area contributed by atoms with Crippen molar-refractivity contribution in [1.82, 2.24) is 29.6 Å². The summed E-state index contributed by atoms with van der Waals surface area (Å²) in [5.74, 6) is 1.68. The molecule has 1 saturated heterocycles. The van der Waals surface area contributed by atoms with Gasteiger partial charge >= 0.3 is 0 Å². The van der Waals surface area contributed by atoms with Crippen molar-refractivity contribution in [2.24, 2.45) is 0 Å². The smallest absolute Gasteiger partial charge is 0.222 e. The number of hydrogen-bond acceptors (Lipinski definition) is 5. The molecular formula is C16H24N6O2. The highest BCUT2D eigenvalue weighted by molar-refractivity contribution is 5.76. The number of nitrogens with one attached hydrogen (secondary N) is 1. The van der Waals surface area contributed by atoms with Crippen LogP contribution in [-0.2, 0) is 22.5 Å². The molecule has 3 rings (SSSR count). The fourth-order valence-corrected chi connectivity index (χ4v) is 2.82. The molecule has 0 aromatic carbocycles. The molecule has 0 radical (unpaired) electrons. The van der Waals surface area contributed by atoms with Gasteiger partial charge in [-0.2, -0.15) is 5.10 Å². The topological polar surface area (TPSA) is 88.9 Å². The molecule has 0 saturated carbocycles. The second kappa shape index (κ2) is 8.05. The molecule has 24 heavy (non-hydrogen) atoms. The molecule has 2 aromatic rings. The molecule has 3 heterocycles. The Kier molecular flexibility index (Phi) is 5.58. The lowest BCUT2D eigenvalue weighted by molar-refractivity contribution is -0.139. The molecule has 0 aliphatic carbocycles. The number of amides is 1. The second-order valence-electron chi connectivity index (χ2n) is 5.99. The predicted octanol–water partition coefficient (Wildman–Crippen LogP) is 1.33. The van der Waals surface area contributed by atoms with Gasteiger partial charge in [0.25, 0.3) is 0 Å². The first-order valence-electron chi connectivity index (χ1n) is 8.52. The Morgan fingerprint density at radius 2 is 2.42 bits per heavy atom. The maximum absolute atomic E-state index is 12.4. The van der Waals surface area contributed by atoms with Gasteiger partial charge in [0.1, 0.15) is 11.9 Å². The third-order valence-corrected chi connectivity index (χ3v) is 4.11. The lowest BCUT2D eigenvalue weighted by Crippen LogP contribution is -2.42. The van der Waals surface area contributed by atoms with Crippen LogP contribution in [0.2, 0.25) is 0 Å². The van der Waals surface area contributed by atoms with Crippen LogP contribution in [0.5, 0.6) is 0 Å². The largest absolute Gasteiger partial charge is 0.366 e. The van der Waals surface area contributed by atoms with Crippen LogP contribution in [0, 0.1) is 0 Å². The first-order valence-corrected chi connectivity index (χ1v) is 8.52. The van der Waals surface area contributed by atoms with Gasteiger partial charge < -0.3 is 14.2 Å². The predicted molar refractivity (Wildman–Crippen MR) is 87.1 cm³/mol. The number of nitrogens with zero attached hydrogens (tertiary/aromatic N) is 5. The van der Waals surface area contributed by atoms with E-state index in [1.54, 1.807) is 12.5 Å². The van der Waals surface area contributed by atoms with Crippen LogP contribution >= 0.6 is 0 Å². The molecule has 1 fully saturated rings. The van der Waals surface area contributed by atoms with E-state index in [9.17, 15) is 4.79 Å². The van der Waals surface area contributed by atoms with E-state index in [-0.39, 0.29) is 12.0 Å². The monoisotopic (exact) mass is 332 g/mol. The van der Waals surface area contributed by atoms with E-state index in [4.69, 9.17) is 4.74 Å². The first kappa shape index (κ1) is 16.6. The van der Waals surface area contributed by atoms with E-state index >= 15 is 0 Å². The Morgan fingerprint density at radius 3 is 3.21 bits per heavy atom. The summed E-state index contributed by atoms with van der Waals surface area (Å²) in [4.78, 5) is 22.7. The van der Waals surface area contributed by atoms with Crippen LogP contribution < -0.4 is 0 Å². The maximum atomic E-state index is 12.4. The Labute approximate surface area is 141 Å². The molecule has 1 aliphatic rings. The van der Waals surface area contributed by atoms with Gasteiger partial charge in [-0.05, 0) is 12.8 Å². The van der Waals surface area contributed by atoms with Crippen LogP contribution in [-0.4, -0.2) is 55.2 Å². The summed E-state index contributed by atoms with van der Waals surface area (Å²) in [6, 6.07) is 0. The Bertz CT molecular complexity index is 639. The van der Waals surface area contributed by atoms with E-state index in [2.05, 4.69) is 27.1 Å². The van der Waals surface area contributed by atoms with Crippen LogP contribution in [0.25, 0.3) is 0 Å². The number of rotatable bonds is 7. The quantitative estimate of drug-likeness (QED) is 0.826. The average Bonchev–Trinajstić information content (AvgIpc) is 3.27. The van der Waals surface area contributed by atoms with Crippen molar-refractivity contribution in [3.63, 3.8) is 0 Å². The first-order chi connectivity index (χ1) is 11.8. The van der Waals surface area contributed by atoms with Crippen molar-refractivity contribution in [2.75, 3.05) is 19.7 Å². The fourth-order valence-electron chi connectivity index (χ4n) is 2.82. The Hall–Kier alpha value is -2.22. The highest BCUT2D eigenvalue weighted by Gasteiger charge is 2.27. The van der Waals surface area contributed by atoms with Gasteiger partial charge in [0, 0.05) is 38.3 Å². The minimum Gasteiger partial charge on any atom is -0.366 e. The molecule has 0 spiro atoms. The molecule has 130 valence electrons. The molecule has 8 nitrogen and oxygen atoms in total. The number of aryl methyl sites for hydroxylation is 2. The van der Waals surface area contributed by atoms with Crippen molar-refractivity contribution in [3.8, 4) is 0 Å². The number of hydrogen-bond donors (Lipinski definition) is 1. The maximum Gasteiger partial charge on any atom is 0.222 e. The number of morpholine rings is 1. The zero-order chi connectivity index (χ0) is 16.8. The molecular weight excluding hydrogens is 308 g/mol. The van der Waals surface area contributed by atoms with Crippen molar-refractivity contribution < 1.29 is 9.53 Å². The van der Waals surface area contributed by atoms with Gasteiger partial charge in [0.15, 0.2) is 5.82 Å². The van der Waals surface area contributed by atoms with Crippen molar-refractivity contribution >= 4 is 5.91 Å². The number of H-pyrrole nitrogens is 1. The van der Waals surface area contributed by atoms with E-state index in [0.717, 1.165) is 31.6 Å². The van der Waals surface area contributed by atoms with Crippen molar-refractivity contribution in [3.05, 3.63) is 30.4 Å². The zero-order valence-electron chi connectivity index (χ0n) is 14.0. The molecule has 1 aliphatic heterocycles. The molecule has 8 heteroatoms. The summed E-state index contributed by atoms with van der Waals surface area (Å²) >= 11 is 0. The van der Waals surface area contributed by atoms with Crippen LogP contribution in [0.1, 0.15) is 43.9 Å². The normalized spacial score (nSPS) is 18.0. The van der Waals surface area contributed by atoms with Gasteiger partial charge in [-0.25, -0.2) is 9.97 Å². The summed E-state index contributed by atoms with van der Waals surface area (Å²) < 4.78 is 7.73. The van der Waals surface area contributed by atoms with E-state index in [0.29, 0.717) is 31.9 Å². The molecule has 0 bridgehead atoms. The lowest BCUT2D eigenvalue weighted by atomic mass is 10.2. The highest BCUT2D eigenvalue weighted by atomic mass is 16.5. The van der Waals surface area contributed by atoms with Gasteiger partial charge in [0.05, 0.1) is 19.5 Å². The van der Waals surface area contributed by atoms with Crippen molar-refractivity contribution in [2.45, 2.75) is 45.3 Å². The minimum atomic E-state index is -0.238. The molecule has 1 atom stereocenters. The average molecular weight is 332 g/mol. The van der Waals surface area contributed by atoms with Gasteiger partial charge in [0.2, 0.25) is 5.91 Å². The molecule has 2 aromatic heterocycles. The van der Waals surface area contributed by atoms with Crippen molar-refractivity contribution in [1.29, 1.82) is 0 Å². The zero-order valence-corrected chi connectivity index (χ0v) is 14.0. The number of carbonyl (C=O) groups excluding carboxylic acids is 1. The van der Waals surface area contributed by atoms with E-state index < -0.39 is 0 Å². The van der Waals surface area contributed by atoms with Crippen LogP contribution in [0.4, 0.5) is 0 Å². The van der Waals surface area contributed by atoms with Gasteiger partial charge in [-0.15, -0.1) is 0 Å². The molecule has 0 unspecified atom stereocenters. The summed E-state index contributed by atoms with van der Waals surface area (Å²) in [5.41, 5.74) is 0. The Morgan fingerprint density at radius 1 is 1.50 bits per heavy atom. The van der Waals surface area contributed by atoms with Gasteiger partial charge in [-0.3, -0.25) is 9.89 Å². The third kappa shape index (κ3) is 4.19. The third-order valence-electron chi connectivity index (χ3n) is 4.11. The van der Waals surface area contributed by atoms with E-state index in [1.165, 1.54) is 0 Å². The second-order valence-corrected chi connectivity index (χ2v) is 5.99. The Balaban J connectivity index is 1.49. The number of imidazole rings is 1.